The summed E-state index contributed by atoms with van der Waals surface area (Å²) in [6.45, 7) is 0. The van der Waals surface area contributed by atoms with Gasteiger partial charge in [-0.3, -0.25) is 4.79 Å². The third-order valence-electron chi connectivity index (χ3n) is 6.55. The summed E-state index contributed by atoms with van der Waals surface area (Å²) in [7, 11) is 0. The maximum absolute atomic E-state index is 10.6. The van der Waals surface area contributed by atoms with Gasteiger partial charge >= 0.3 is 5.97 Å². The van der Waals surface area contributed by atoms with E-state index in [-0.39, 0.29) is 24.5 Å². The van der Waals surface area contributed by atoms with Gasteiger partial charge in [-0.25, -0.2) is 0 Å². The summed E-state index contributed by atoms with van der Waals surface area (Å²) in [5.74, 6) is 0.854. The summed E-state index contributed by atoms with van der Waals surface area (Å²) in [4.78, 5) is 10.6. The van der Waals surface area contributed by atoms with Gasteiger partial charge < -0.3 is 15.3 Å². The summed E-state index contributed by atoms with van der Waals surface area (Å²) in [5.41, 5.74) is 1.43. The second-order valence-corrected chi connectivity index (χ2v) is 8.28. The van der Waals surface area contributed by atoms with Gasteiger partial charge in [0.2, 0.25) is 0 Å². The quantitative estimate of drug-likeness (QED) is 0.484. The Balaban J connectivity index is 1.53. The van der Waals surface area contributed by atoms with Crippen molar-refractivity contribution in [3.05, 3.63) is 23.8 Å². The van der Waals surface area contributed by atoms with Crippen molar-refractivity contribution in [1.82, 2.24) is 0 Å². The van der Waals surface area contributed by atoms with Crippen molar-refractivity contribution in [2.75, 3.05) is 0 Å². The van der Waals surface area contributed by atoms with E-state index >= 15 is 0 Å². The molecule has 4 nitrogen and oxygen atoms in total. The van der Waals surface area contributed by atoms with Crippen LogP contribution < -0.4 is 0 Å². The minimum atomic E-state index is -0.726. The Hall–Kier alpha value is -1.13. The third kappa shape index (κ3) is 4.73. The Morgan fingerprint density at radius 1 is 1.24 bits per heavy atom. The summed E-state index contributed by atoms with van der Waals surface area (Å²) in [5, 5.41) is 29.5. The van der Waals surface area contributed by atoms with E-state index in [1.54, 1.807) is 0 Å². The van der Waals surface area contributed by atoms with Crippen molar-refractivity contribution >= 4 is 5.97 Å². The standard InChI is InChI=1S/C21H32O4/c22-19(15-6-2-3-7-15)10-9-17-18-12-14(5-1-4-8-21(24)25)11-16(18)13-20(17)23/h5,9-10,15-20,22-23H,1-4,6-8,11-13H2,(H,24,25)/t16-,17-,18+,19+,20-/m1/s1. The molecule has 3 aliphatic carbocycles. The lowest BCUT2D eigenvalue weighted by Crippen LogP contribution is -2.19. The number of carbonyl (C=O) groups is 1. The number of fused-ring (bicyclic) bond motifs is 1. The molecule has 0 spiro atoms. The topological polar surface area (TPSA) is 77.8 Å². The van der Waals surface area contributed by atoms with Gasteiger partial charge in [0.05, 0.1) is 12.2 Å². The molecule has 5 atom stereocenters. The van der Waals surface area contributed by atoms with E-state index in [2.05, 4.69) is 12.2 Å². The van der Waals surface area contributed by atoms with E-state index in [4.69, 9.17) is 5.11 Å². The van der Waals surface area contributed by atoms with Crippen LogP contribution in [0.3, 0.4) is 0 Å². The molecule has 0 bridgehead atoms. The van der Waals surface area contributed by atoms with E-state index in [1.807, 2.05) is 6.08 Å². The SMILES string of the molecule is O=C(O)CCCC=C1C[C@@H]2C[C@@H](O)[C@H](C=C[C@H](O)C3CCCC3)[C@H]2C1. The van der Waals surface area contributed by atoms with Crippen LogP contribution in [0, 0.1) is 23.7 Å². The number of rotatable bonds is 7. The van der Waals surface area contributed by atoms with Crippen LogP contribution in [0.1, 0.15) is 64.2 Å². The molecule has 0 aromatic rings. The first-order chi connectivity index (χ1) is 12.0. The van der Waals surface area contributed by atoms with Crippen LogP contribution in [0.15, 0.2) is 23.8 Å². The van der Waals surface area contributed by atoms with E-state index < -0.39 is 5.97 Å². The number of unbranched alkanes of at least 4 members (excludes halogenated alkanes) is 1. The van der Waals surface area contributed by atoms with Gasteiger partial charge in [0.15, 0.2) is 0 Å². The molecule has 0 aromatic carbocycles. The van der Waals surface area contributed by atoms with E-state index in [0.29, 0.717) is 24.2 Å². The summed E-state index contributed by atoms with van der Waals surface area (Å²) < 4.78 is 0. The molecule has 3 rings (SSSR count). The molecule has 140 valence electrons. The Morgan fingerprint density at radius 2 is 2.00 bits per heavy atom. The molecule has 25 heavy (non-hydrogen) atoms. The number of aliphatic carboxylic acids is 1. The van der Waals surface area contributed by atoms with Crippen molar-refractivity contribution in [2.45, 2.75) is 76.4 Å². The highest BCUT2D eigenvalue weighted by atomic mass is 16.4. The maximum atomic E-state index is 10.6. The van der Waals surface area contributed by atoms with Crippen molar-refractivity contribution in [1.29, 1.82) is 0 Å². The molecule has 0 saturated heterocycles. The largest absolute Gasteiger partial charge is 0.481 e. The lowest BCUT2D eigenvalue weighted by molar-refractivity contribution is -0.137. The maximum Gasteiger partial charge on any atom is 0.303 e. The lowest BCUT2D eigenvalue weighted by Gasteiger charge is -2.19. The molecule has 0 unspecified atom stereocenters. The lowest BCUT2D eigenvalue weighted by atomic mass is 9.89. The highest BCUT2D eigenvalue weighted by Gasteiger charge is 2.45. The van der Waals surface area contributed by atoms with Gasteiger partial charge in [-0.05, 0) is 62.7 Å². The normalized spacial score (nSPS) is 35.7. The predicted molar refractivity (Wildman–Crippen MR) is 97.0 cm³/mol. The van der Waals surface area contributed by atoms with Crippen LogP contribution in [0.2, 0.25) is 0 Å². The number of aliphatic hydroxyl groups is 2. The van der Waals surface area contributed by atoms with Crippen LogP contribution >= 0.6 is 0 Å². The Labute approximate surface area is 150 Å². The van der Waals surface area contributed by atoms with Gasteiger partial charge in [-0.1, -0.05) is 36.6 Å². The predicted octanol–water partition coefficient (Wildman–Crippen LogP) is 3.68. The smallest absolute Gasteiger partial charge is 0.303 e. The fourth-order valence-corrected chi connectivity index (χ4v) is 5.20. The molecule has 3 saturated carbocycles. The monoisotopic (exact) mass is 348 g/mol. The fraction of sp³-hybridized carbons (Fsp3) is 0.762. The molecule has 3 aliphatic rings. The minimum Gasteiger partial charge on any atom is -0.481 e. The highest BCUT2D eigenvalue weighted by Crippen LogP contribution is 2.50. The van der Waals surface area contributed by atoms with Crippen molar-refractivity contribution in [3.63, 3.8) is 0 Å². The van der Waals surface area contributed by atoms with Crippen molar-refractivity contribution in [2.24, 2.45) is 23.7 Å². The third-order valence-corrected chi connectivity index (χ3v) is 6.55. The molecule has 3 fully saturated rings. The van der Waals surface area contributed by atoms with Gasteiger partial charge in [0, 0.05) is 12.3 Å². The Bertz CT molecular complexity index is 518. The zero-order chi connectivity index (χ0) is 17.8. The molecule has 3 N–H and O–H groups in total. The molecule has 0 amide bonds. The van der Waals surface area contributed by atoms with Crippen molar-refractivity contribution < 1.29 is 20.1 Å². The number of hydrogen-bond donors (Lipinski definition) is 3. The van der Waals surface area contributed by atoms with Crippen LogP contribution in [-0.4, -0.2) is 33.5 Å². The summed E-state index contributed by atoms with van der Waals surface area (Å²) >= 11 is 0. The first kappa shape index (κ1) is 18.7. The molecule has 0 aromatic heterocycles. The van der Waals surface area contributed by atoms with Crippen LogP contribution in [0.4, 0.5) is 0 Å². The summed E-state index contributed by atoms with van der Waals surface area (Å²) in [6, 6.07) is 0. The van der Waals surface area contributed by atoms with Crippen LogP contribution in [0.25, 0.3) is 0 Å². The Morgan fingerprint density at radius 3 is 2.72 bits per heavy atom. The number of carboxylic acids is 1. The fourth-order valence-electron chi connectivity index (χ4n) is 5.20. The zero-order valence-corrected chi connectivity index (χ0v) is 15.0. The second-order valence-electron chi connectivity index (χ2n) is 8.28. The molecule has 0 heterocycles. The van der Waals surface area contributed by atoms with Gasteiger partial charge in [-0.15, -0.1) is 0 Å². The van der Waals surface area contributed by atoms with Crippen LogP contribution in [0.5, 0.6) is 0 Å². The first-order valence-electron chi connectivity index (χ1n) is 9.98. The summed E-state index contributed by atoms with van der Waals surface area (Å²) in [6.07, 6.45) is 15.0. The zero-order valence-electron chi connectivity index (χ0n) is 15.0. The second kappa shape index (κ2) is 8.50. The minimum absolute atomic E-state index is 0.158. The number of aliphatic hydroxyl groups excluding tert-OH is 2. The molecular weight excluding hydrogens is 316 g/mol. The number of carboxylic acid groups (broad SMARTS) is 1. The number of hydrogen-bond acceptors (Lipinski definition) is 3. The molecule has 0 radical (unpaired) electrons. The molecule has 0 aliphatic heterocycles. The van der Waals surface area contributed by atoms with E-state index in [9.17, 15) is 15.0 Å². The Kier molecular flexibility index (Phi) is 6.34. The molecular formula is C21H32O4. The van der Waals surface area contributed by atoms with Gasteiger partial charge in [-0.2, -0.15) is 0 Å². The van der Waals surface area contributed by atoms with Gasteiger partial charge in [0.1, 0.15) is 0 Å². The van der Waals surface area contributed by atoms with Gasteiger partial charge in [0.25, 0.3) is 0 Å². The van der Waals surface area contributed by atoms with Crippen LogP contribution in [-0.2, 0) is 4.79 Å². The average Bonchev–Trinajstić information content (AvgIpc) is 3.26. The van der Waals surface area contributed by atoms with Crippen molar-refractivity contribution in [3.8, 4) is 0 Å². The van der Waals surface area contributed by atoms with E-state index in [0.717, 1.165) is 38.5 Å². The average molecular weight is 348 g/mol. The molecule has 4 heteroatoms. The first-order valence-corrected chi connectivity index (χ1v) is 9.98. The number of allylic oxidation sites excluding steroid dienone is 2. The highest BCUT2D eigenvalue weighted by molar-refractivity contribution is 5.66. The van der Waals surface area contributed by atoms with E-state index in [1.165, 1.54) is 18.4 Å².